The molecule has 0 saturated carbocycles. The van der Waals surface area contributed by atoms with E-state index in [1.807, 2.05) is 35.8 Å². The van der Waals surface area contributed by atoms with Crippen LogP contribution in [0.1, 0.15) is 33.4 Å². The minimum atomic E-state index is -0.334. The van der Waals surface area contributed by atoms with Gasteiger partial charge in [-0.15, -0.1) is 0 Å². The Morgan fingerprint density at radius 3 is 2.37 bits per heavy atom. The minimum Gasteiger partial charge on any atom is -0.399 e. The van der Waals surface area contributed by atoms with Gasteiger partial charge in [-0.2, -0.15) is 5.10 Å². The third-order valence-corrected chi connectivity index (χ3v) is 4.13. The summed E-state index contributed by atoms with van der Waals surface area (Å²) in [5.41, 5.74) is 2.46. The van der Waals surface area contributed by atoms with E-state index in [0.717, 1.165) is 16.7 Å². The second kappa shape index (κ2) is 3.84. The molecule has 1 saturated heterocycles. The summed E-state index contributed by atoms with van der Waals surface area (Å²) < 4.78 is 14.0. The van der Waals surface area contributed by atoms with Gasteiger partial charge in [-0.05, 0) is 46.8 Å². The lowest BCUT2D eigenvalue weighted by Crippen LogP contribution is -2.41. The first-order chi connectivity index (χ1) is 8.78. The molecular formula is C14H19BN2O2. The molecule has 0 aliphatic carbocycles. The lowest BCUT2D eigenvalue weighted by Gasteiger charge is -2.32. The van der Waals surface area contributed by atoms with Gasteiger partial charge in [0.05, 0.1) is 22.4 Å². The molecule has 1 aliphatic rings. The maximum Gasteiger partial charge on any atom is 0.496 e. The van der Waals surface area contributed by atoms with E-state index in [1.54, 1.807) is 0 Å². The molecule has 0 aromatic carbocycles. The van der Waals surface area contributed by atoms with Crippen LogP contribution in [0.2, 0.25) is 0 Å². The van der Waals surface area contributed by atoms with Gasteiger partial charge in [0.15, 0.2) is 0 Å². The summed E-state index contributed by atoms with van der Waals surface area (Å²) >= 11 is 0. The maximum absolute atomic E-state index is 6.04. The Hall–Kier alpha value is -1.33. The molecule has 2 aromatic rings. The summed E-state index contributed by atoms with van der Waals surface area (Å²) in [4.78, 5) is 0. The van der Waals surface area contributed by atoms with Gasteiger partial charge in [0.25, 0.3) is 0 Å². The van der Waals surface area contributed by atoms with E-state index >= 15 is 0 Å². The van der Waals surface area contributed by atoms with Crippen molar-refractivity contribution in [2.45, 2.75) is 45.8 Å². The molecule has 1 fully saturated rings. The molecule has 2 aromatic heterocycles. The molecule has 0 radical (unpaired) electrons. The van der Waals surface area contributed by atoms with E-state index in [4.69, 9.17) is 9.31 Å². The Kier molecular flexibility index (Phi) is 2.56. The third-order valence-electron chi connectivity index (χ3n) is 4.13. The van der Waals surface area contributed by atoms with Crippen LogP contribution in [-0.4, -0.2) is 27.9 Å². The lowest BCUT2D eigenvalue weighted by molar-refractivity contribution is 0.00578. The zero-order valence-corrected chi connectivity index (χ0v) is 12.1. The predicted octanol–water partition coefficient (Wildman–Crippen LogP) is 1.94. The predicted molar refractivity (Wildman–Crippen MR) is 75.6 cm³/mol. The third kappa shape index (κ3) is 1.97. The standard InChI is InChI=1S/C14H19BN2O2/c1-10-8-12-7-6-11(9-17(12)16-10)15-18-13(2,3)14(4,5)19-15/h6-9H,1-5H3. The number of nitrogens with zero attached hydrogens (tertiary/aromatic N) is 2. The molecule has 0 bridgehead atoms. The van der Waals surface area contributed by atoms with E-state index in [-0.39, 0.29) is 18.3 Å². The number of hydrogen-bond donors (Lipinski definition) is 0. The first-order valence-electron chi connectivity index (χ1n) is 6.60. The summed E-state index contributed by atoms with van der Waals surface area (Å²) in [6, 6.07) is 6.13. The molecule has 5 heteroatoms. The summed E-state index contributed by atoms with van der Waals surface area (Å²) in [6.07, 6.45) is 1.98. The van der Waals surface area contributed by atoms with Crippen LogP contribution < -0.4 is 5.46 Å². The normalized spacial score (nSPS) is 21.2. The Morgan fingerprint density at radius 1 is 1.11 bits per heavy atom. The van der Waals surface area contributed by atoms with Gasteiger partial charge >= 0.3 is 7.12 Å². The van der Waals surface area contributed by atoms with Crippen LogP contribution in [0.4, 0.5) is 0 Å². The van der Waals surface area contributed by atoms with E-state index in [1.165, 1.54) is 0 Å². The molecule has 0 spiro atoms. The fraction of sp³-hybridized carbons (Fsp3) is 0.500. The van der Waals surface area contributed by atoms with Crippen LogP contribution >= 0.6 is 0 Å². The van der Waals surface area contributed by atoms with Gasteiger partial charge in [-0.25, -0.2) is 4.52 Å². The average Bonchev–Trinajstić information content (AvgIpc) is 2.74. The van der Waals surface area contributed by atoms with E-state index in [2.05, 4.69) is 32.8 Å². The van der Waals surface area contributed by atoms with Gasteiger partial charge in [0.1, 0.15) is 0 Å². The van der Waals surface area contributed by atoms with Gasteiger partial charge in [0, 0.05) is 11.7 Å². The van der Waals surface area contributed by atoms with Crippen molar-refractivity contribution in [3.63, 3.8) is 0 Å². The SMILES string of the molecule is Cc1cc2ccc(B3OC(C)(C)C(C)(C)O3)cn2n1. The first kappa shape index (κ1) is 12.7. The number of aryl methyl sites for hydroxylation is 1. The molecular weight excluding hydrogens is 239 g/mol. The van der Waals surface area contributed by atoms with Crippen molar-refractivity contribution in [1.29, 1.82) is 0 Å². The number of aromatic nitrogens is 2. The zero-order chi connectivity index (χ0) is 13.8. The van der Waals surface area contributed by atoms with Crippen LogP contribution in [0, 0.1) is 6.92 Å². The Bertz CT molecular complexity index is 617. The maximum atomic E-state index is 6.04. The van der Waals surface area contributed by atoms with E-state index < -0.39 is 0 Å². The molecule has 19 heavy (non-hydrogen) atoms. The van der Waals surface area contributed by atoms with Crippen molar-refractivity contribution in [3.8, 4) is 0 Å². The molecule has 0 amide bonds. The van der Waals surface area contributed by atoms with Crippen LogP contribution in [0.25, 0.3) is 5.52 Å². The molecule has 0 N–H and O–H groups in total. The second-order valence-corrected chi connectivity index (χ2v) is 6.21. The van der Waals surface area contributed by atoms with E-state index in [0.29, 0.717) is 0 Å². The van der Waals surface area contributed by atoms with Crippen LogP contribution in [-0.2, 0) is 9.31 Å². The Labute approximate surface area is 113 Å². The average molecular weight is 258 g/mol. The van der Waals surface area contributed by atoms with Crippen LogP contribution in [0.15, 0.2) is 24.4 Å². The molecule has 4 nitrogen and oxygen atoms in total. The van der Waals surface area contributed by atoms with Crippen molar-refractivity contribution in [2.24, 2.45) is 0 Å². The molecule has 3 rings (SSSR count). The van der Waals surface area contributed by atoms with Gasteiger partial charge in [-0.3, -0.25) is 0 Å². The second-order valence-electron chi connectivity index (χ2n) is 6.21. The number of hydrogen-bond acceptors (Lipinski definition) is 3. The first-order valence-corrected chi connectivity index (χ1v) is 6.60. The van der Waals surface area contributed by atoms with Crippen molar-refractivity contribution < 1.29 is 9.31 Å². The fourth-order valence-electron chi connectivity index (χ4n) is 2.25. The largest absolute Gasteiger partial charge is 0.496 e. The number of fused-ring (bicyclic) bond motifs is 1. The summed E-state index contributed by atoms with van der Waals surface area (Å²) in [5, 5.41) is 4.42. The van der Waals surface area contributed by atoms with Gasteiger partial charge < -0.3 is 9.31 Å². The molecule has 3 heterocycles. The lowest BCUT2D eigenvalue weighted by atomic mass is 9.80. The Morgan fingerprint density at radius 2 is 1.74 bits per heavy atom. The summed E-state index contributed by atoms with van der Waals surface area (Å²) in [7, 11) is -0.334. The van der Waals surface area contributed by atoms with Crippen LogP contribution in [0.3, 0.4) is 0 Å². The Balaban J connectivity index is 1.97. The molecule has 0 atom stereocenters. The van der Waals surface area contributed by atoms with E-state index in [9.17, 15) is 0 Å². The van der Waals surface area contributed by atoms with Gasteiger partial charge in [-0.1, -0.05) is 6.07 Å². The van der Waals surface area contributed by atoms with Gasteiger partial charge in [0.2, 0.25) is 0 Å². The van der Waals surface area contributed by atoms with Crippen LogP contribution in [0.5, 0.6) is 0 Å². The molecule has 100 valence electrons. The number of pyridine rings is 1. The fourth-order valence-corrected chi connectivity index (χ4v) is 2.25. The highest BCUT2D eigenvalue weighted by atomic mass is 16.7. The molecule has 0 unspecified atom stereocenters. The summed E-state index contributed by atoms with van der Waals surface area (Å²) in [5.74, 6) is 0. The monoisotopic (exact) mass is 258 g/mol. The van der Waals surface area contributed by atoms with Crippen molar-refractivity contribution >= 4 is 18.1 Å². The zero-order valence-electron chi connectivity index (χ0n) is 12.1. The quantitative estimate of drug-likeness (QED) is 0.733. The van der Waals surface area contributed by atoms with Crippen molar-refractivity contribution in [1.82, 2.24) is 9.61 Å². The highest BCUT2D eigenvalue weighted by molar-refractivity contribution is 6.62. The minimum absolute atomic E-state index is 0.313. The van der Waals surface area contributed by atoms with Crippen molar-refractivity contribution in [3.05, 3.63) is 30.1 Å². The smallest absolute Gasteiger partial charge is 0.399 e. The summed E-state index contributed by atoms with van der Waals surface area (Å²) in [6.45, 7) is 10.2. The highest BCUT2D eigenvalue weighted by Gasteiger charge is 2.51. The number of rotatable bonds is 1. The topological polar surface area (TPSA) is 35.8 Å². The highest BCUT2D eigenvalue weighted by Crippen LogP contribution is 2.36. The van der Waals surface area contributed by atoms with Crippen molar-refractivity contribution in [2.75, 3.05) is 0 Å². The molecule has 1 aliphatic heterocycles.